The molecule has 0 radical (unpaired) electrons. The van der Waals surface area contributed by atoms with Crippen LogP contribution in [0.2, 0.25) is 0 Å². The summed E-state index contributed by atoms with van der Waals surface area (Å²) >= 11 is 5.14. The fourth-order valence-corrected chi connectivity index (χ4v) is 5.97. The van der Waals surface area contributed by atoms with E-state index in [4.69, 9.17) is 0 Å². The van der Waals surface area contributed by atoms with Crippen molar-refractivity contribution in [2.24, 2.45) is 0 Å². The fraction of sp³-hybridized carbons (Fsp3) is 0.591. The summed E-state index contributed by atoms with van der Waals surface area (Å²) < 4.78 is 15.3. The number of piperazine rings is 1. The van der Waals surface area contributed by atoms with E-state index in [1.807, 2.05) is 24.0 Å². The van der Waals surface area contributed by atoms with E-state index in [-0.39, 0.29) is 17.7 Å². The highest BCUT2D eigenvalue weighted by Crippen LogP contribution is 2.44. The molecule has 0 aromatic carbocycles. The maximum Gasteiger partial charge on any atom is 0.232 e. The van der Waals surface area contributed by atoms with E-state index >= 15 is 0 Å². The number of hydrogen-bond donors (Lipinski definition) is 1. The average molecular weight is 510 g/mol. The first-order chi connectivity index (χ1) is 14.8. The molecule has 3 atom stereocenters. The molecular formula is C22H29BrFN5OS. The largest absolute Gasteiger partial charge is 0.353 e. The summed E-state index contributed by atoms with van der Waals surface area (Å²) in [5, 5.41) is 3.43. The van der Waals surface area contributed by atoms with Crippen molar-refractivity contribution in [2.45, 2.75) is 51.2 Å². The molecule has 1 fully saturated rings. The predicted octanol–water partition coefficient (Wildman–Crippen LogP) is 4.25. The maximum absolute atomic E-state index is 14.3. The van der Waals surface area contributed by atoms with E-state index in [1.165, 1.54) is 6.33 Å². The number of aromatic nitrogens is 2. The normalized spacial score (nSPS) is 22.1. The van der Waals surface area contributed by atoms with Crippen molar-refractivity contribution in [1.29, 1.82) is 0 Å². The third kappa shape index (κ3) is 4.78. The van der Waals surface area contributed by atoms with E-state index < -0.39 is 6.17 Å². The highest BCUT2D eigenvalue weighted by atomic mass is 79.9. The zero-order valence-electron chi connectivity index (χ0n) is 18.1. The zero-order valence-corrected chi connectivity index (χ0v) is 20.5. The standard InChI is InChI=1S/C22H29BrFN5OS/c1-13(2)25-11-15(17-4-5-18(23)31-17)22(30)29-8-6-28(7-9-29)21-19-14(3)10-16(24)20(19)26-12-27-21/h4-5,12-16,25H,6-11H2,1-3H3/t14-,15?,16-/m1/s1. The van der Waals surface area contributed by atoms with E-state index in [0.717, 1.165) is 20.0 Å². The van der Waals surface area contributed by atoms with Crippen molar-refractivity contribution in [3.05, 3.63) is 38.4 Å². The second-order valence-electron chi connectivity index (χ2n) is 8.67. The molecule has 1 N–H and O–H groups in total. The van der Waals surface area contributed by atoms with Crippen molar-refractivity contribution in [3.8, 4) is 0 Å². The van der Waals surface area contributed by atoms with E-state index in [9.17, 15) is 9.18 Å². The van der Waals surface area contributed by atoms with Gasteiger partial charge in [-0.25, -0.2) is 14.4 Å². The van der Waals surface area contributed by atoms with Gasteiger partial charge in [0, 0.05) is 49.2 Å². The molecule has 2 aliphatic rings. The van der Waals surface area contributed by atoms with Crippen LogP contribution in [0.3, 0.4) is 0 Å². The molecule has 1 amide bonds. The second-order valence-corrected chi connectivity index (χ2v) is 11.2. The summed E-state index contributed by atoms with van der Waals surface area (Å²) in [4.78, 5) is 27.3. The van der Waals surface area contributed by atoms with Crippen LogP contribution < -0.4 is 10.2 Å². The van der Waals surface area contributed by atoms with Gasteiger partial charge in [0.2, 0.25) is 5.91 Å². The first-order valence-electron chi connectivity index (χ1n) is 10.9. The van der Waals surface area contributed by atoms with E-state index in [1.54, 1.807) is 11.3 Å². The Balaban J connectivity index is 1.46. The first kappa shape index (κ1) is 22.6. The van der Waals surface area contributed by atoms with Crippen LogP contribution >= 0.6 is 27.3 Å². The lowest BCUT2D eigenvalue weighted by molar-refractivity contribution is -0.133. The van der Waals surface area contributed by atoms with Crippen LogP contribution in [-0.4, -0.2) is 59.5 Å². The molecule has 0 spiro atoms. The Labute approximate surface area is 195 Å². The van der Waals surface area contributed by atoms with Crippen LogP contribution in [0.25, 0.3) is 0 Å². The second kappa shape index (κ2) is 9.50. The summed E-state index contributed by atoms with van der Waals surface area (Å²) in [6.45, 7) is 9.50. The third-order valence-electron chi connectivity index (χ3n) is 6.10. The van der Waals surface area contributed by atoms with Gasteiger partial charge in [-0.15, -0.1) is 11.3 Å². The summed E-state index contributed by atoms with van der Waals surface area (Å²) in [7, 11) is 0. The van der Waals surface area contributed by atoms with Crippen molar-refractivity contribution >= 4 is 39.0 Å². The number of carbonyl (C=O) groups is 1. The van der Waals surface area contributed by atoms with Crippen LogP contribution in [0.1, 0.15) is 61.3 Å². The number of rotatable bonds is 6. The minimum absolute atomic E-state index is 0.115. The van der Waals surface area contributed by atoms with Crippen LogP contribution in [0.5, 0.6) is 0 Å². The fourth-order valence-electron chi connectivity index (χ4n) is 4.45. The Morgan fingerprint density at radius 1 is 1.29 bits per heavy atom. The van der Waals surface area contributed by atoms with Crippen LogP contribution in [0.4, 0.5) is 10.2 Å². The molecule has 0 saturated carbocycles. The van der Waals surface area contributed by atoms with Gasteiger partial charge in [0.25, 0.3) is 0 Å². The lowest BCUT2D eigenvalue weighted by atomic mass is 10.0. The molecule has 1 aliphatic heterocycles. The SMILES string of the molecule is CC(C)NCC(C(=O)N1CCN(c2ncnc3c2[C@H](C)C[C@H]3F)CC1)c1ccc(Br)s1. The summed E-state index contributed by atoms with van der Waals surface area (Å²) in [5.74, 6) is 0.919. The molecule has 1 aliphatic carbocycles. The van der Waals surface area contributed by atoms with Crippen molar-refractivity contribution < 1.29 is 9.18 Å². The third-order valence-corrected chi connectivity index (χ3v) is 7.84. The number of halogens is 2. The molecule has 4 rings (SSSR count). The van der Waals surface area contributed by atoms with Gasteiger partial charge in [0.1, 0.15) is 18.3 Å². The minimum Gasteiger partial charge on any atom is -0.353 e. The van der Waals surface area contributed by atoms with Crippen molar-refractivity contribution in [1.82, 2.24) is 20.2 Å². The van der Waals surface area contributed by atoms with Gasteiger partial charge in [-0.1, -0.05) is 20.8 Å². The molecule has 31 heavy (non-hydrogen) atoms. The van der Waals surface area contributed by atoms with Crippen LogP contribution in [0.15, 0.2) is 22.2 Å². The summed E-state index contributed by atoms with van der Waals surface area (Å²) in [5.41, 5.74) is 1.48. The molecule has 2 aromatic heterocycles. The van der Waals surface area contributed by atoms with Crippen molar-refractivity contribution in [3.63, 3.8) is 0 Å². The molecule has 1 saturated heterocycles. The van der Waals surface area contributed by atoms with Crippen LogP contribution in [0, 0.1) is 0 Å². The van der Waals surface area contributed by atoms with E-state index in [0.29, 0.717) is 50.9 Å². The molecule has 0 bridgehead atoms. The smallest absolute Gasteiger partial charge is 0.232 e. The number of fused-ring (bicyclic) bond motifs is 1. The Morgan fingerprint density at radius 2 is 2.03 bits per heavy atom. The molecule has 2 aromatic rings. The number of alkyl halides is 1. The molecule has 9 heteroatoms. The monoisotopic (exact) mass is 509 g/mol. The Bertz CT molecular complexity index is 930. The van der Waals surface area contributed by atoms with Gasteiger partial charge in [0.15, 0.2) is 0 Å². The number of amides is 1. The summed E-state index contributed by atoms with van der Waals surface area (Å²) in [6.07, 6.45) is 0.938. The highest BCUT2D eigenvalue weighted by molar-refractivity contribution is 9.11. The van der Waals surface area contributed by atoms with E-state index in [2.05, 4.69) is 50.0 Å². The number of nitrogens with zero attached hydrogens (tertiary/aromatic N) is 4. The van der Waals surface area contributed by atoms with Gasteiger partial charge in [0.05, 0.1) is 15.4 Å². The molecule has 3 heterocycles. The number of carbonyl (C=O) groups excluding carboxylic acids is 1. The Kier molecular flexibility index (Phi) is 6.93. The minimum atomic E-state index is -1.01. The highest BCUT2D eigenvalue weighted by Gasteiger charge is 2.36. The quantitative estimate of drug-likeness (QED) is 0.630. The lowest BCUT2D eigenvalue weighted by Gasteiger charge is -2.38. The molecule has 168 valence electrons. The van der Waals surface area contributed by atoms with Gasteiger partial charge < -0.3 is 15.1 Å². The maximum atomic E-state index is 14.3. The average Bonchev–Trinajstić information content (AvgIpc) is 3.31. The van der Waals surface area contributed by atoms with Crippen LogP contribution in [-0.2, 0) is 4.79 Å². The number of thiophene rings is 1. The van der Waals surface area contributed by atoms with Gasteiger partial charge >= 0.3 is 0 Å². The number of nitrogens with one attached hydrogen (secondary N) is 1. The molecular weight excluding hydrogens is 481 g/mol. The number of anilines is 1. The van der Waals surface area contributed by atoms with Gasteiger partial charge in [-0.3, -0.25) is 4.79 Å². The topological polar surface area (TPSA) is 61.4 Å². The zero-order chi connectivity index (χ0) is 22.1. The van der Waals surface area contributed by atoms with Crippen molar-refractivity contribution in [2.75, 3.05) is 37.6 Å². The number of hydrogen-bond acceptors (Lipinski definition) is 6. The van der Waals surface area contributed by atoms with Gasteiger partial charge in [-0.05, 0) is 40.4 Å². The lowest BCUT2D eigenvalue weighted by Crippen LogP contribution is -2.51. The molecule has 1 unspecified atom stereocenters. The Morgan fingerprint density at radius 3 is 2.68 bits per heavy atom. The first-order valence-corrected chi connectivity index (χ1v) is 12.5. The molecule has 6 nitrogen and oxygen atoms in total. The van der Waals surface area contributed by atoms with Gasteiger partial charge in [-0.2, -0.15) is 0 Å². The Hall–Kier alpha value is -1.58. The predicted molar refractivity (Wildman–Crippen MR) is 126 cm³/mol. The summed E-state index contributed by atoms with van der Waals surface area (Å²) in [6, 6.07) is 4.36.